The number of methoxy groups -OCH3 is 1. The highest BCUT2D eigenvalue weighted by molar-refractivity contribution is 5.97. The fourth-order valence-corrected chi connectivity index (χ4v) is 4.18. The van der Waals surface area contributed by atoms with E-state index in [0.717, 1.165) is 0 Å². The van der Waals surface area contributed by atoms with Gasteiger partial charge in [-0.3, -0.25) is 9.59 Å². The third kappa shape index (κ3) is 5.53. The second kappa shape index (κ2) is 11.2. The summed E-state index contributed by atoms with van der Waals surface area (Å²) in [5.41, 5.74) is 0.452. The Morgan fingerprint density at radius 1 is 0.944 bits per heavy atom. The quantitative estimate of drug-likeness (QED) is 0.173. The van der Waals surface area contributed by atoms with Gasteiger partial charge in [-0.25, -0.2) is 0 Å². The number of ketones is 1. The van der Waals surface area contributed by atoms with Crippen molar-refractivity contribution in [2.75, 3.05) is 7.11 Å². The van der Waals surface area contributed by atoms with Crippen molar-refractivity contribution in [1.82, 2.24) is 5.32 Å². The van der Waals surface area contributed by atoms with Gasteiger partial charge in [0.2, 0.25) is 12.2 Å². The normalized spacial score (nSPS) is 37.0. The highest BCUT2D eigenvalue weighted by Crippen LogP contribution is 2.32. The number of Topliss-reactive ketones (excluding diaryl/α,β-unsaturated/α-hetero) is 1. The minimum absolute atomic E-state index is 0.0993. The Hall–Kier alpha value is -2.62. The van der Waals surface area contributed by atoms with Crippen molar-refractivity contribution in [2.45, 2.75) is 75.0 Å². The molecule has 8 atom stereocenters. The Kier molecular flexibility index (Phi) is 8.69. The van der Waals surface area contributed by atoms with Gasteiger partial charge >= 0.3 is 0 Å². The smallest absolute Gasteiger partial charge is 0.247 e. The summed E-state index contributed by atoms with van der Waals surface area (Å²) >= 11 is 0. The Morgan fingerprint density at radius 2 is 1.56 bits per heavy atom. The van der Waals surface area contributed by atoms with E-state index in [0.29, 0.717) is 5.56 Å². The molecular weight excluding hydrogens is 482 g/mol. The predicted octanol–water partition coefficient (Wildman–Crippen LogP) is -2.83. The number of aromatic hydroxyl groups is 1. The maximum Gasteiger partial charge on any atom is 0.247 e. The zero-order chi connectivity index (χ0) is 26.9. The van der Waals surface area contributed by atoms with Crippen LogP contribution in [-0.2, 0) is 19.1 Å². The van der Waals surface area contributed by atoms with E-state index in [4.69, 9.17) is 14.2 Å². The monoisotopic (exact) mass is 513 g/mol. The number of benzene rings is 1. The first kappa shape index (κ1) is 28.0. The van der Waals surface area contributed by atoms with Crippen LogP contribution in [0.15, 0.2) is 23.8 Å². The maximum atomic E-state index is 12.6. The summed E-state index contributed by atoms with van der Waals surface area (Å²) in [4.78, 5) is 24.1. The average molecular weight is 513 g/mol. The number of nitrogens with one attached hydrogen (secondary N) is 1. The SMILES string of the molecule is COC1C(O)C(O)C(NC(=O)/C(C)=C/c2ccc(OC3OC(C(C)=O)C(O)C3O)c(O)c2)C(O)C1O. The van der Waals surface area contributed by atoms with Crippen LogP contribution in [0.25, 0.3) is 6.08 Å². The fourth-order valence-electron chi connectivity index (χ4n) is 4.18. The van der Waals surface area contributed by atoms with Gasteiger partial charge in [0.05, 0.1) is 6.04 Å². The molecular formula is C23H31NO12. The number of carbonyl (C=O) groups excluding carboxylic acids is 2. The number of carbonyl (C=O) groups is 2. The molecule has 8 N–H and O–H groups in total. The van der Waals surface area contributed by atoms with Gasteiger partial charge in [0.1, 0.15) is 48.8 Å². The number of phenols is 1. The Morgan fingerprint density at radius 3 is 2.06 bits per heavy atom. The molecule has 2 aliphatic rings. The highest BCUT2D eigenvalue weighted by Gasteiger charge is 2.50. The van der Waals surface area contributed by atoms with E-state index in [1.807, 2.05) is 0 Å². The average Bonchev–Trinajstić information content (AvgIpc) is 3.11. The Balaban J connectivity index is 1.68. The van der Waals surface area contributed by atoms with E-state index < -0.39 is 72.9 Å². The minimum atomic E-state index is -1.61. The molecule has 1 saturated carbocycles. The molecule has 0 bridgehead atoms. The molecule has 200 valence electrons. The highest BCUT2D eigenvalue weighted by atomic mass is 16.7. The summed E-state index contributed by atoms with van der Waals surface area (Å²) in [5.74, 6) is -1.72. The van der Waals surface area contributed by atoms with Crippen LogP contribution in [0.2, 0.25) is 0 Å². The molecule has 1 amide bonds. The Bertz CT molecular complexity index is 983. The Labute approximate surface area is 206 Å². The molecule has 1 aliphatic heterocycles. The summed E-state index contributed by atoms with van der Waals surface area (Å²) in [6.45, 7) is 2.62. The summed E-state index contributed by atoms with van der Waals surface area (Å²) in [7, 11) is 1.20. The van der Waals surface area contributed by atoms with Crippen LogP contribution >= 0.6 is 0 Å². The number of hydrogen-bond donors (Lipinski definition) is 8. The van der Waals surface area contributed by atoms with Gasteiger partial charge in [-0.2, -0.15) is 0 Å². The molecule has 0 spiro atoms. The van der Waals surface area contributed by atoms with Crippen LogP contribution in [0.4, 0.5) is 0 Å². The van der Waals surface area contributed by atoms with Gasteiger partial charge in [-0.1, -0.05) is 6.07 Å². The molecule has 1 aromatic carbocycles. The first-order chi connectivity index (χ1) is 16.9. The standard InChI is InChI=1S/C23H31NO12/c1-8(22(33)24-13-14(27)16(29)21(34-3)17(30)15(13)28)6-10-4-5-12(11(26)7-10)35-23-19(32)18(31)20(36-23)9(2)25/h4-7,13-21,23,26-32H,1-3H3,(H,24,33)/b8-6+. The van der Waals surface area contributed by atoms with Gasteiger partial charge in [0, 0.05) is 12.7 Å². The minimum Gasteiger partial charge on any atom is -0.504 e. The molecule has 13 heteroatoms. The number of hydrogen-bond acceptors (Lipinski definition) is 12. The van der Waals surface area contributed by atoms with Gasteiger partial charge in [-0.15, -0.1) is 0 Å². The van der Waals surface area contributed by atoms with Crippen molar-refractivity contribution < 1.29 is 59.5 Å². The van der Waals surface area contributed by atoms with Crippen molar-refractivity contribution in [2.24, 2.45) is 0 Å². The lowest BCUT2D eigenvalue weighted by molar-refractivity contribution is -0.199. The summed E-state index contributed by atoms with van der Waals surface area (Å²) < 4.78 is 15.5. The van der Waals surface area contributed by atoms with E-state index >= 15 is 0 Å². The van der Waals surface area contributed by atoms with Crippen LogP contribution < -0.4 is 10.1 Å². The number of phenolic OH excluding ortho intramolecular Hbond substituents is 1. The van der Waals surface area contributed by atoms with Gasteiger partial charge in [0.25, 0.3) is 0 Å². The maximum absolute atomic E-state index is 12.6. The van der Waals surface area contributed by atoms with Crippen molar-refractivity contribution in [1.29, 1.82) is 0 Å². The van der Waals surface area contributed by atoms with Crippen LogP contribution in [-0.4, -0.2) is 116 Å². The molecule has 1 aliphatic carbocycles. The number of aliphatic hydroxyl groups excluding tert-OH is 6. The molecule has 8 unspecified atom stereocenters. The van der Waals surface area contributed by atoms with E-state index in [1.165, 1.54) is 45.2 Å². The third-order valence-electron chi connectivity index (χ3n) is 6.27. The first-order valence-electron chi connectivity index (χ1n) is 11.1. The van der Waals surface area contributed by atoms with Crippen LogP contribution in [0.5, 0.6) is 11.5 Å². The van der Waals surface area contributed by atoms with E-state index in [-0.39, 0.29) is 17.1 Å². The lowest BCUT2D eigenvalue weighted by atomic mass is 9.83. The van der Waals surface area contributed by atoms with Crippen molar-refractivity contribution >= 4 is 17.8 Å². The van der Waals surface area contributed by atoms with Gasteiger partial charge in [0.15, 0.2) is 17.3 Å². The van der Waals surface area contributed by atoms with Crippen LogP contribution in [0, 0.1) is 0 Å². The molecule has 1 saturated heterocycles. The van der Waals surface area contributed by atoms with Crippen molar-refractivity contribution in [3.05, 3.63) is 29.3 Å². The summed E-state index contributed by atoms with van der Waals surface area (Å²) in [5, 5.41) is 73.4. The summed E-state index contributed by atoms with van der Waals surface area (Å²) in [6, 6.07) is 2.65. The van der Waals surface area contributed by atoms with Crippen LogP contribution in [0.3, 0.4) is 0 Å². The van der Waals surface area contributed by atoms with Crippen molar-refractivity contribution in [3.63, 3.8) is 0 Å². The zero-order valence-electron chi connectivity index (χ0n) is 19.8. The largest absolute Gasteiger partial charge is 0.504 e. The lowest BCUT2D eigenvalue weighted by Crippen LogP contribution is -2.68. The number of ether oxygens (including phenoxy) is 3. The van der Waals surface area contributed by atoms with E-state index in [1.54, 1.807) is 0 Å². The number of aliphatic hydroxyl groups is 6. The van der Waals surface area contributed by atoms with Crippen LogP contribution in [0.1, 0.15) is 19.4 Å². The molecule has 0 aromatic heterocycles. The topological polar surface area (TPSA) is 215 Å². The molecule has 36 heavy (non-hydrogen) atoms. The molecule has 3 rings (SSSR count). The first-order valence-corrected chi connectivity index (χ1v) is 11.1. The lowest BCUT2D eigenvalue weighted by Gasteiger charge is -2.43. The zero-order valence-corrected chi connectivity index (χ0v) is 19.8. The molecule has 13 nitrogen and oxygen atoms in total. The predicted molar refractivity (Wildman–Crippen MR) is 120 cm³/mol. The van der Waals surface area contributed by atoms with E-state index in [9.17, 15) is 45.3 Å². The van der Waals surface area contributed by atoms with Gasteiger partial charge < -0.3 is 55.3 Å². The second-order valence-electron chi connectivity index (χ2n) is 8.85. The molecule has 1 heterocycles. The number of rotatable bonds is 7. The van der Waals surface area contributed by atoms with Gasteiger partial charge in [-0.05, 0) is 37.6 Å². The fraction of sp³-hybridized carbons (Fsp3) is 0.565. The second-order valence-corrected chi connectivity index (χ2v) is 8.85. The molecule has 1 aromatic rings. The number of amides is 1. The van der Waals surface area contributed by atoms with E-state index in [2.05, 4.69) is 5.32 Å². The summed E-state index contributed by atoms with van der Waals surface area (Å²) in [6.07, 6.45) is -11.9. The molecule has 0 radical (unpaired) electrons. The molecule has 2 fully saturated rings. The third-order valence-corrected chi connectivity index (χ3v) is 6.27. The van der Waals surface area contributed by atoms with Crippen molar-refractivity contribution in [3.8, 4) is 11.5 Å².